The molecule has 3 aromatic carbocycles. The van der Waals surface area contributed by atoms with Crippen LogP contribution in [0.2, 0.25) is 0 Å². The third-order valence-electron chi connectivity index (χ3n) is 14.9. The second-order valence-electron chi connectivity index (χ2n) is 20.1. The Morgan fingerprint density at radius 3 is 2.07 bits per heavy atom. The van der Waals surface area contributed by atoms with Gasteiger partial charge in [0.05, 0.1) is 42.7 Å². The van der Waals surface area contributed by atoms with E-state index >= 15 is 0 Å². The molecule has 2 heterocycles. The van der Waals surface area contributed by atoms with E-state index in [9.17, 15) is 28.8 Å². The van der Waals surface area contributed by atoms with Crippen LogP contribution >= 0.6 is 0 Å². The highest BCUT2D eigenvalue weighted by molar-refractivity contribution is 5.98. The first kappa shape index (κ1) is 54.5. The van der Waals surface area contributed by atoms with Crippen molar-refractivity contribution in [1.29, 1.82) is 0 Å². The lowest BCUT2D eigenvalue weighted by Gasteiger charge is -2.41. The molecule has 0 spiro atoms. The number of fused-ring (bicyclic) bond motifs is 2. The zero-order valence-corrected chi connectivity index (χ0v) is 42.9. The molecule has 16 heteroatoms. The fourth-order valence-electron chi connectivity index (χ4n) is 10.7. The lowest BCUT2D eigenvalue weighted by molar-refractivity contribution is -0.148. The molecule has 16 nitrogen and oxygen atoms in total. The Bertz CT molecular complexity index is 2230. The number of likely N-dealkylation sites (tertiary alicyclic amines) is 1. The summed E-state index contributed by atoms with van der Waals surface area (Å²) in [5.41, 5.74) is 3.04. The van der Waals surface area contributed by atoms with Crippen LogP contribution in [0.4, 0.5) is 10.5 Å². The largest absolute Gasteiger partial charge is 0.445 e. The van der Waals surface area contributed by atoms with E-state index < -0.39 is 60.2 Å². The molecule has 2 bridgehead atoms. The van der Waals surface area contributed by atoms with Gasteiger partial charge in [0.25, 0.3) is 0 Å². The van der Waals surface area contributed by atoms with Gasteiger partial charge in [-0.1, -0.05) is 114 Å². The molecule has 0 aromatic heterocycles. The molecule has 0 radical (unpaired) electrons. The van der Waals surface area contributed by atoms with E-state index in [-0.39, 0.29) is 67.5 Å². The van der Waals surface area contributed by atoms with Gasteiger partial charge in [-0.15, -0.1) is 0 Å². The van der Waals surface area contributed by atoms with Crippen molar-refractivity contribution < 1.29 is 43.0 Å². The molecule has 11 atom stereocenters. The summed E-state index contributed by atoms with van der Waals surface area (Å²) < 4.78 is 17.5. The average molecular weight is 980 g/mol. The number of nitrogens with one attached hydrogen (secondary N) is 5. The standard InChI is InChI=1S/C55H77N7O9/c1-9-35(4)49(61(6)54(67)47(34(2)3)60-53(66)48-40-24-27-42(30-40)57-48)45(69-7)31-46(63)62-28-16-21-44(62)50(70-8)36(5)51(64)59-43(29-37-17-12-10-13-18-37)52(65)58-41-25-22-38(23-26-41)32-56-55(68)71-33-39-19-14-11-15-20-39/h10-15,17-20,22-23,25-26,34-36,40,42-45,47-50,57H,9,16,21,24,27-33H2,1-8H3,(H,56,68)(H,58,65)(H,59,64)(H,60,66)/t35-,36+,40-,42+,43-,44-,45+,47-,48-,49-,50+/m0/s1. The van der Waals surface area contributed by atoms with Gasteiger partial charge in [0.2, 0.25) is 29.5 Å². The van der Waals surface area contributed by atoms with E-state index in [1.165, 1.54) is 7.11 Å². The van der Waals surface area contributed by atoms with Crippen molar-refractivity contribution in [3.05, 3.63) is 102 Å². The van der Waals surface area contributed by atoms with Gasteiger partial charge in [0.15, 0.2) is 0 Å². The molecule has 3 aliphatic rings. The molecule has 6 amide bonds. The molecule has 71 heavy (non-hydrogen) atoms. The number of carbonyl (C=O) groups is 6. The maximum atomic E-state index is 14.5. The summed E-state index contributed by atoms with van der Waals surface area (Å²) >= 11 is 0. The molecular formula is C55H77N7O9. The van der Waals surface area contributed by atoms with Crippen LogP contribution in [0.1, 0.15) is 96.3 Å². The van der Waals surface area contributed by atoms with Crippen LogP contribution in [0.25, 0.3) is 0 Å². The van der Waals surface area contributed by atoms with Crippen molar-refractivity contribution in [3.63, 3.8) is 0 Å². The number of ether oxygens (including phenoxy) is 3. The number of anilines is 1. The molecule has 3 aromatic rings. The van der Waals surface area contributed by atoms with Gasteiger partial charge in [0, 0.05) is 52.5 Å². The normalized spacial score (nSPS) is 21.3. The second kappa shape index (κ2) is 26.0. The molecule has 386 valence electrons. The van der Waals surface area contributed by atoms with E-state index in [0.29, 0.717) is 31.1 Å². The smallest absolute Gasteiger partial charge is 0.407 e. The Kier molecular flexibility index (Phi) is 20.0. The Labute approximate surface area is 420 Å². The van der Waals surface area contributed by atoms with Gasteiger partial charge in [-0.25, -0.2) is 4.79 Å². The first-order chi connectivity index (χ1) is 34.1. The molecular weight excluding hydrogens is 903 g/mol. The number of nitrogens with zero attached hydrogens (tertiary/aromatic N) is 2. The average Bonchev–Trinajstić information content (AvgIpc) is 4.16. The second-order valence-corrected chi connectivity index (χ2v) is 20.1. The SMILES string of the molecule is CC[C@H](C)[C@@H]([C@@H](CC(=O)N1CCC[C@H]1[C@H](OC)[C@@H](C)C(=O)N[C@@H](Cc1ccccc1)C(=O)Nc1ccc(CNC(=O)OCc2ccccc2)cc1)OC)N(C)C(=O)[C@@H](NC(=O)[C@H]1N[C@@H]2CC[C@H]1C2)C(C)C. The van der Waals surface area contributed by atoms with Gasteiger partial charge in [-0.2, -0.15) is 0 Å². The zero-order chi connectivity index (χ0) is 51.2. The summed E-state index contributed by atoms with van der Waals surface area (Å²) in [4.78, 5) is 86.5. The number of likely N-dealkylation sites (N-methyl/N-ethyl adjacent to an activating group) is 1. The lowest BCUT2D eigenvalue weighted by atomic mass is 9.89. The quantitative estimate of drug-likeness (QED) is 0.0713. The van der Waals surface area contributed by atoms with E-state index in [0.717, 1.165) is 42.4 Å². The van der Waals surface area contributed by atoms with Crippen molar-refractivity contribution in [2.24, 2.45) is 23.7 Å². The third kappa shape index (κ3) is 14.4. The van der Waals surface area contributed by atoms with Gasteiger partial charge >= 0.3 is 6.09 Å². The van der Waals surface area contributed by atoms with Crippen molar-refractivity contribution in [2.75, 3.05) is 33.1 Å². The number of hydrogen-bond donors (Lipinski definition) is 5. The van der Waals surface area contributed by atoms with E-state index in [1.807, 2.05) is 88.4 Å². The Balaban J connectivity index is 1.08. The van der Waals surface area contributed by atoms with Crippen LogP contribution < -0.4 is 26.6 Å². The molecule has 1 aliphatic carbocycles. The fourth-order valence-corrected chi connectivity index (χ4v) is 10.7. The lowest BCUT2D eigenvalue weighted by Crippen LogP contribution is -2.60. The Hall–Kier alpha value is -5.84. The van der Waals surface area contributed by atoms with Gasteiger partial charge in [-0.05, 0) is 78.7 Å². The number of rotatable bonds is 24. The number of carbonyl (C=O) groups excluding carboxylic acids is 6. The number of benzene rings is 3. The summed E-state index contributed by atoms with van der Waals surface area (Å²) in [5.74, 6) is -2.07. The third-order valence-corrected chi connectivity index (χ3v) is 14.9. The maximum absolute atomic E-state index is 14.5. The highest BCUT2D eigenvalue weighted by atomic mass is 16.5. The fraction of sp³-hybridized carbons (Fsp3) is 0.564. The van der Waals surface area contributed by atoms with Gasteiger partial charge < -0.3 is 50.6 Å². The molecule has 6 rings (SSSR count). The Morgan fingerprint density at radius 2 is 1.48 bits per heavy atom. The summed E-state index contributed by atoms with van der Waals surface area (Å²) in [5, 5.41) is 15.2. The highest BCUT2D eigenvalue weighted by Crippen LogP contribution is 2.36. The maximum Gasteiger partial charge on any atom is 0.407 e. The molecule has 5 N–H and O–H groups in total. The summed E-state index contributed by atoms with van der Waals surface area (Å²) in [6.07, 6.45) is 3.39. The summed E-state index contributed by atoms with van der Waals surface area (Å²) in [6, 6.07) is 23.3. The first-order valence-electron chi connectivity index (χ1n) is 25.5. The monoisotopic (exact) mass is 980 g/mol. The van der Waals surface area contributed by atoms with Crippen molar-refractivity contribution in [3.8, 4) is 0 Å². The van der Waals surface area contributed by atoms with Crippen LogP contribution in [0.3, 0.4) is 0 Å². The minimum atomic E-state index is -0.954. The van der Waals surface area contributed by atoms with Crippen molar-refractivity contribution >= 4 is 41.3 Å². The van der Waals surface area contributed by atoms with E-state index in [1.54, 1.807) is 55.1 Å². The minimum Gasteiger partial charge on any atom is -0.445 e. The topological polar surface area (TPSA) is 197 Å². The van der Waals surface area contributed by atoms with Crippen LogP contribution in [-0.4, -0.2) is 122 Å². The zero-order valence-electron chi connectivity index (χ0n) is 42.9. The van der Waals surface area contributed by atoms with Crippen molar-refractivity contribution in [1.82, 2.24) is 31.1 Å². The minimum absolute atomic E-state index is 0.0114. The molecule has 2 aliphatic heterocycles. The van der Waals surface area contributed by atoms with E-state index in [4.69, 9.17) is 14.2 Å². The number of amides is 6. The van der Waals surface area contributed by atoms with Crippen molar-refractivity contribution in [2.45, 2.75) is 148 Å². The number of hydrogen-bond acceptors (Lipinski definition) is 10. The summed E-state index contributed by atoms with van der Waals surface area (Å²) in [7, 11) is 4.83. The molecule has 2 saturated heterocycles. The molecule has 1 saturated carbocycles. The Morgan fingerprint density at radius 1 is 0.803 bits per heavy atom. The number of methoxy groups -OCH3 is 2. The summed E-state index contributed by atoms with van der Waals surface area (Å²) in [6.45, 7) is 10.5. The molecule has 0 unspecified atom stereocenters. The van der Waals surface area contributed by atoms with E-state index in [2.05, 4.69) is 26.6 Å². The predicted octanol–water partition coefficient (Wildman–Crippen LogP) is 5.98. The predicted molar refractivity (Wildman–Crippen MR) is 272 cm³/mol. The van der Waals surface area contributed by atoms with Gasteiger partial charge in [-0.3, -0.25) is 24.0 Å². The van der Waals surface area contributed by atoms with Crippen LogP contribution in [-0.2, 0) is 57.8 Å². The molecule has 3 fully saturated rings. The first-order valence-corrected chi connectivity index (χ1v) is 25.5. The highest BCUT2D eigenvalue weighted by Gasteiger charge is 2.46. The number of piperidine rings is 1. The number of alkyl carbamates (subject to hydrolysis) is 1. The van der Waals surface area contributed by atoms with Crippen LogP contribution in [0.5, 0.6) is 0 Å². The van der Waals surface area contributed by atoms with Crippen LogP contribution in [0.15, 0.2) is 84.9 Å². The van der Waals surface area contributed by atoms with Gasteiger partial charge in [0.1, 0.15) is 18.7 Å². The van der Waals surface area contributed by atoms with Crippen LogP contribution in [0, 0.1) is 23.7 Å².